The summed E-state index contributed by atoms with van der Waals surface area (Å²) < 4.78 is 46.1. The molecule has 0 aliphatic carbocycles. The number of fused-ring (bicyclic) bond motifs is 1. The number of aliphatic carboxylic acids is 1. The van der Waals surface area contributed by atoms with Crippen molar-refractivity contribution in [3.63, 3.8) is 0 Å². The number of carboxylic acids is 1. The van der Waals surface area contributed by atoms with Crippen LogP contribution in [-0.4, -0.2) is 22.9 Å². The molecule has 0 amide bonds. The Morgan fingerprint density at radius 2 is 2.00 bits per heavy atom. The minimum atomic E-state index is -4.85. The molecule has 0 bridgehead atoms. The van der Waals surface area contributed by atoms with Crippen molar-refractivity contribution in [3.05, 3.63) is 34.4 Å². The largest absolute Gasteiger partial charge is 0.478 e. The summed E-state index contributed by atoms with van der Waals surface area (Å²) in [4.78, 5) is 11.6. The van der Waals surface area contributed by atoms with Crippen LogP contribution in [0.25, 0.3) is 5.57 Å². The molecular formula is C15H14ClF3O3. The van der Waals surface area contributed by atoms with Gasteiger partial charge in [-0.3, -0.25) is 0 Å². The number of hydrogen-bond acceptors (Lipinski definition) is 2. The van der Waals surface area contributed by atoms with Gasteiger partial charge in [-0.05, 0) is 36.6 Å². The molecule has 0 aromatic heterocycles. The van der Waals surface area contributed by atoms with Crippen molar-refractivity contribution in [2.45, 2.75) is 38.5 Å². The van der Waals surface area contributed by atoms with Crippen LogP contribution >= 0.6 is 11.6 Å². The van der Waals surface area contributed by atoms with E-state index in [1.165, 1.54) is 25.1 Å². The molecule has 0 fully saturated rings. The van der Waals surface area contributed by atoms with Gasteiger partial charge in [-0.2, -0.15) is 13.2 Å². The second kappa shape index (κ2) is 5.50. The average Bonchev–Trinajstić information content (AvgIpc) is 2.43. The van der Waals surface area contributed by atoms with Gasteiger partial charge in [-0.15, -0.1) is 0 Å². The fraction of sp³-hybridized carbons (Fsp3) is 0.400. The van der Waals surface area contributed by atoms with Gasteiger partial charge in [0, 0.05) is 10.6 Å². The van der Waals surface area contributed by atoms with E-state index in [2.05, 4.69) is 0 Å². The third-order valence-corrected chi connectivity index (χ3v) is 4.01. The summed E-state index contributed by atoms with van der Waals surface area (Å²) in [5.41, 5.74) is -3.23. The van der Waals surface area contributed by atoms with Crippen molar-refractivity contribution in [2.24, 2.45) is 0 Å². The van der Waals surface area contributed by atoms with Gasteiger partial charge in [-0.25, -0.2) is 4.79 Å². The number of alkyl halides is 3. The lowest BCUT2D eigenvalue weighted by Gasteiger charge is -2.40. The van der Waals surface area contributed by atoms with Crippen LogP contribution in [0.3, 0.4) is 0 Å². The molecule has 2 rings (SSSR count). The molecule has 1 aliphatic rings. The average molecular weight is 335 g/mol. The van der Waals surface area contributed by atoms with E-state index in [0.717, 1.165) is 0 Å². The topological polar surface area (TPSA) is 46.5 Å². The zero-order valence-electron chi connectivity index (χ0n) is 11.9. The zero-order valence-corrected chi connectivity index (χ0v) is 12.7. The Labute approximate surface area is 130 Å². The van der Waals surface area contributed by atoms with Gasteiger partial charge >= 0.3 is 12.1 Å². The van der Waals surface area contributed by atoms with Crippen LogP contribution in [0.5, 0.6) is 5.75 Å². The molecule has 120 valence electrons. The highest BCUT2D eigenvalue weighted by Gasteiger charge is 2.63. The highest BCUT2D eigenvalue weighted by Crippen LogP contribution is 2.51. The molecule has 22 heavy (non-hydrogen) atoms. The van der Waals surface area contributed by atoms with Crippen molar-refractivity contribution in [1.29, 1.82) is 0 Å². The number of carboxylic acid groups (broad SMARTS) is 1. The van der Waals surface area contributed by atoms with E-state index in [1.54, 1.807) is 6.92 Å². The van der Waals surface area contributed by atoms with Gasteiger partial charge in [0.05, 0.1) is 5.57 Å². The molecule has 7 heteroatoms. The first-order valence-corrected chi connectivity index (χ1v) is 7.08. The van der Waals surface area contributed by atoms with E-state index >= 15 is 0 Å². The molecule has 1 aromatic rings. The quantitative estimate of drug-likeness (QED) is 0.872. The Bertz CT molecular complexity index is 652. The van der Waals surface area contributed by atoms with E-state index in [0.29, 0.717) is 10.6 Å². The second-order valence-corrected chi connectivity index (χ2v) is 5.37. The van der Waals surface area contributed by atoms with Gasteiger partial charge in [0.15, 0.2) is 0 Å². The zero-order chi connectivity index (χ0) is 16.7. The Hall–Kier alpha value is -1.69. The van der Waals surface area contributed by atoms with E-state index in [9.17, 15) is 23.1 Å². The molecule has 0 saturated heterocycles. The summed E-state index contributed by atoms with van der Waals surface area (Å²) >= 11 is 5.87. The summed E-state index contributed by atoms with van der Waals surface area (Å²) in [6, 6.07) is 4.17. The Balaban J connectivity index is 2.86. The van der Waals surface area contributed by atoms with Gasteiger partial charge in [0.25, 0.3) is 0 Å². The predicted molar refractivity (Wildman–Crippen MR) is 76.0 cm³/mol. The summed E-state index contributed by atoms with van der Waals surface area (Å²) in [5, 5.41) is 9.69. The summed E-state index contributed by atoms with van der Waals surface area (Å²) in [6.07, 6.45) is -5.27. The third kappa shape index (κ3) is 2.35. The minimum absolute atomic E-state index is 0.00887. The molecule has 0 saturated carbocycles. The number of allylic oxidation sites excluding steroid dienone is 1. The van der Waals surface area contributed by atoms with Crippen LogP contribution in [0.1, 0.15) is 32.3 Å². The molecule has 1 heterocycles. The van der Waals surface area contributed by atoms with Crippen LogP contribution in [0, 0.1) is 0 Å². The standard InChI is InChI=1S/C15H14ClF3O3/c1-3-9-10-7-8(16)5-6-11(10)22-14(4-2,15(17,18)19)12(9)13(20)21/h5-7H,3-4H2,1-2H3,(H,20,21). The number of halogens is 4. The molecule has 3 nitrogen and oxygen atoms in total. The molecule has 1 aromatic carbocycles. The van der Waals surface area contributed by atoms with Crippen molar-refractivity contribution in [3.8, 4) is 5.75 Å². The van der Waals surface area contributed by atoms with E-state index in [4.69, 9.17) is 16.3 Å². The van der Waals surface area contributed by atoms with Crippen molar-refractivity contribution in [1.82, 2.24) is 0 Å². The number of hydrogen-bond donors (Lipinski definition) is 1. The van der Waals surface area contributed by atoms with Crippen LogP contribution in [-0.2, 0) is 4.79 Å². The summed E-state index contributed by atoms with van der Waals surface area (Å²) in [5.74, 6) is -1.65. The van der Waals surface area contributed by atoms with Crippen molar-refractivity contribution >= 4 is 23.1 Å². The van der Waals surface area contributed by atoms with Gasteiger partial charge in [0.2, 0.25) is 5.60 Å². The van der Waals surface area contributed by atoms with Gasteiger partial charge < -0.3 is 9.84 Å². The first-order valence-electron chi connectivity index (χ1n) is 6.70. The maximum atomic E-state index is 13.6. The van der Waals surface area contributed by atoms with E-state index in [1.807, 2.05) is 0 Å². The fourth-order valence-corrected chi connectivity index (χ4v) is 2.93. The van der Waals surface area contributed by atoms with Crippen LogP contribution in [0.4, 0.5) is 13.2 Å². The third-order valence-electron chi connectivity index (χ3n) is 3.78. The summed E-state index contributed by atoms with van der Waals surface area (Å²) in [7, 11) is 0. The Morgan fingerprint density at radius 3 is 2.45 bits per heavy atom. The second-order valence-electron chi connectivity index (χ2n) is 4.93. The minimum Gasteiger partial charge on any atom is -0.478 e. The SMILES string of the molecule is CCC1=C(C(=O)O)C(CC)(C(F)(F)F)Oc2ccc(Cl)cc21. The maximum absolute atomic E-state index is 13.6. The highest BCUT2D eigenvalue weighted by atomic mass is 35.5. The first kappa shape index (κ1) is 16.7. The van der Waals surface area contributed by atoms with Gasteiger partial charge in [-0.1, -0.05) is 25.4 Å². The molecular weight excluding hydrogens is 321 g/mol. The normalized spacial score (nSPS) is 21.4. The number of rotatable bonds is 3. The molecule has 1 atom stereocenters. The molecule has 1 N–H and O–H groups in total. The predicted octanol–water partition coefficient (Wildman–Crippen LogP) is 4.69. The lowest BCUT2D eigenvalue weighted by molar-refractivity contribution is -0.236. The molecule has 1 unspecified atom stereocenters. The lowest BCUT2D eigenvalue weighted by atomic mass is 9.80. The Morgan fingerprint density at radius 1 is 1.36 bits per heavy atom. The highest BCUT2D eigenvalue weighted by molar-refractivity contribution is 6.30. The van der Waals surface area contributed by atoms with Crippen molar-refractivity contribution < 1.29 is 27.8 Å². The van der Waals surface area contributed by atoms with E-state index < -0.39 is 29.7 Å². The summed E-state index contributed by atoms with van der Waals surface area (Å²) in [6.45, 7) is 2.86. The first-order chi connectivity index (χ1) is 10.2. The van der Waals surface area contributed by atoms with Crippen LogP contribution in [0.15, 0.2) is 23.8 Å². The van der Waals surface area contributed by atoms with Crippen LogP contribution in [0.2, 0.25) is 5.02 Å². The van der Waals surface area contributed by atoms with Gasteiger partial charge in [0.1, 0.15) is 5.75 Å². The van der Waals surface area contributed by atoms with E-state index in [-0.39, 0.29) is 17.7 Å². The van der Waals surface area contributed by atoms with Crippen LogP contribution < -0.4 is 4.74 Å². The number of ether oxygens (including phenoxy) is 1. The van der Waals surface area contributed by atoms with Crippen molar-refractivity contribution in [2.75, 3.05) is 0 Å². The smallest absolute Gasteiger partial charge is 0.432 e. The molecule has 1 aliphatic heterocycles. The monoisotopic (exact) mass is 334 g/mol. The maximum Gasteiger partial charge on any atom is 0.432 e. The molecule has 0 radical (unpaired) electrons. The number of carbonyl (C=O) groups is 1. The number of benzene rings is 1. The lowest BCUT2D eigenvalue weighted by Crippen LogP contribution is -2.55. The molecule has 0 spiro atoms. The fourth-order valence-electron chi connectivity index (χ4n) is 2.76. The Kier molecular flexibility index (Phi) is 4.17.